The molecule has 0 saturated carbocycles. The van der Waals surface area contributed by atoms with Gasteiger partial charge in [-0.05, 0) is 17.5 Å². The van der Waals surface area contributed by atoms with Gasteiger partial charge in [0.25, 0.3) is 0 Å². The monoisotopic (exact) mass is 288 g/mol. The van der Waals surface area contributed by atoms with Gasteiger partial charge >= 0.3 is 0 Å². The van der Waals surface area contributed by atoms with Gasteiger partial charge in [-0.3, -0.25) is 0 Å². The van der Waals surface area contributed by atoms with E-state index in [4.69, 9.17) is 11.6 Å². The predicted molar refractivity (Wildman–Crippen MR) is 68.0 cm³/mol. The summed E-state index contributed by atoms with van der Waals surface area (Å²) in [4.78, 5) is 7.14. The van der Waals surface area contributed by atoms with Crippen LogP contribution in [-0.2, 0) is 0 Å². The first-order valence-corrected chi connectivity index (χ1v) is 6.29. The molecule has 0 aromatic carbocycles. The molecule has 82 valence electrons. The summed E-state index contributed by atoms with van der Waals surface area (Å²) in [6.45, 7) is 6.56. The molecule has 2 nitrogen and oxygen atoms in total. The third-order valence-electron chi connectivity index (χ3n) is 2.86. The molecule has 1 aromatic heterocycles. The molecule has 15 heavy (non-hydrogen) atoms. The van der Waals surface area contributed by atoms with Gasteiger partial charge in [0.15, 0.2) is 0 Å². The second kappa shape index (κ2) is 3.95. The summed E-state index contributed by atoms with van der Waals surface area (Å²) < 4.78 is 0. The highest BCUT2D eigenvalue weighted by atomic mass is 79.9. The number of hydrogen-bond acceptors (Lipinski definition) is 2. The molecule has 0 bridgehead atoms. The van der Waals surface area contributed by atoms with E-state index in [0.717, 1.165) is 18.9 Å². The third kappa shape index (κ3) is 2.28. The Morgan fingerprint density at radius 3 is 2.73 bits per heavy atom. The van der Waals surface area contributed by atoms with E-state index in [-0.39, 0.29) is 0 Å². The quantitative estimate of drug-likeness (QED) is 0.737. The standard InChI is InChI=1S/C11H14BrClN2/c1-11(2)7-15(6-9(11)12)10-4-3-8(13)5-14-10/h3-5,9H,6-7H2,1-2H3. The number of aromatic nitrogens is 1. The molecule has 1 aliphatic heterocycles. The Balaban J connectivity index is 2.17. The van der Waals surface area contributed by atoms with Crippen LogP contribution in [0.1, 0.15) is 13.8 Å². The molecule has 0 radical (unpaired) electrons. The number of halogens is 2. The van der Waals surface area contributed by atoms with Gasteiger partial charge in [0.2, 0.25) is 0 Å². The zero-order chi connectivity index (χ0) is 11.1. The first kappa shape index (κ1) is 11.2. The van der Waals surface area contributed by atoms with Crippen LogP contribution in [0.25, 0.3) is 0 Å². The van der Waals surface area contributed by atoms with Crippen LogP contribution >= 0.6 is 27.5 Å². The second-order valence-electron chi connectivity index (χ2n) is 4.67. The first-order chi connectivity index (χ1) is 6.99. The maximum absolute atomic E-state index is 5.81. The Hall–Kier alpha value is -0.280. The highest BCUT2D eigenvalue weighted by Crippen LogP contribution is 2.36. The van der Waals surface area contributed by atoms with Crippen molar-refractivity contribution >= 4 is 33.3 Å². The van der Waals surface area contributed by atoms with Crippen molar-refractivity contribution in [1.29, 1.82) is 0 Å². The zero-order valence-corrected chi connectivity index (χ0v) is 11.2. The molecule has 4 heteroatoms. The largest absolute Gasteiger partial charge is 0.355 e. The molecule has 0 amide bonds. The summed E-state index contributed by atoms with van der Waals surface area (Å²) in [5.74, 6) is 1.01. The molecule has 1 unspecified atom stereocenters. The number of hydrogen-bond donors (Lipinski definition) is 0. The molecule has 0 spiro atoms. The normalized spacial score (nSPS) is 24.5. The van der Waals surface area contributed by atoms with Crippen LogP contribution in [0.3, 0.4) is 0 Å². The van der Waals surface area contributed by atoms with Crippen LogP contribution in [0.15, 0.2) is 18.3 Å². The fourth-order valence-electron chi connectivity index (χ4n) is 1.83. The minimum atomic E-state index is 0.293. The molecule has 2 rings (SSSR count). The average Bonchev–Trinajstić information content (AvgIpc) is 2.42. The van der Waals surface area contributed by atoms with E-state index in [1.54, 1.807) is 6.20 Å². The SMILES string of the molecule is CC1(C)CN(c2ccc(Cl)cn2)CC1Br. The molecule has 0 aliphatic carbocycles. The molecule has 1 aromatic rings. The average molecular weight is 290 g/mol. The van der Waals surface area contributed by atoms with Crippen molar-refractivity contribution < 1.29 is 0 Å². The van der Waals surface area contributed by atoms with Crippen molar-refractivity contribution in [3.05, 3.63) is 23.4 Å². The fourth-order valence-corrected chi connectivity index (χ4v) is 2.43. The van der Waals surface area contributed by atoms with Gasteiger partial charge in [0.05, 0.1) is 5.02 Å². The molecular formula is C11H14BrClN2. The van der Waals surface area contributed by atoms with E-state index in [0.29, 0.717) is 15.3 Å². The van der Waals surface area contributed by atoms with Gasteiger partial charge in [-0.2, -0.15) is 0 Å². The van der Waals surface area contributed by atoms with Gasteiger partial charge in [0.1, 0.15) is 5.82 Å². The first-order valence-electron chi connectivity index (χ1n) is 4.99. The van der Waals surface area contributed by atoms with E-state index in [9.17, 15) is 0 Å². The van der Waals surface area contributed by atoms with Gasteiger partial charge < -0.3 is 4.90 Å². The van der Waals surface area contributed by atoms with Crippen molar-refractivity contribution in [2.24, 2.45) is 5.41 Å². The third-order valence-corrected chi connectivity index (χ3v) is 4.62. The maximum Gasteiger partial charge on any atom is 0.128 e. The summed E-state index contributed by atoms with van der Waals surface area (Å²) in [5, 5.41) is 0.688. The van der Waals surface area contributed by atoms with Crippen molar-refractivity contribution in [2.75, 3.05) is 18.0 Å². The Labute approximate surface area is 104 Å². The highest BCUT2D eigenvalue weighted by molar-refractivity contribution is 9.09. The Kier molecular flexibility index (Phi) is 2.95. The van der Waals surface area contributed by atoms with E-state index >= 15 is 0 Å². The van der Waals surface area contributed by atoms with E-state index in [1.165, 1.54) is 0 Å². The van der Waals surface area contributed by atoms with Gasteiger partial charge in [0, 0.05) is 24.1 Å². The zero-order valence-electron chi connectivity index (χ0n) is 8.87. The lowest BCUT2D eigenvalue weighted by Gasteiger charge is -2.21. The van der Waals surface area contributed by atoms with Gasteiger partial charge in [-0.1, -0.05) is 41.4 Å². The van der Waals surface area contributed by atoms with Crippen molar-refractivity contribution in [3.8, 4) is 0 Å². The molecule has 1 saturated heterocycles. The fraction of sp³-hybridized carbons (Fsp3) is 0.545. The summed E-state index contributed by atoms with van der Waals surface area (Å²) >= 11 is 9.53. The van der Waals surface area contributed by atoms with Gasteiger partial charge in [-0.15, -0.1) is 0 Å². The number of rotatable bonds is 1. The van der Waals surface area contributed by atoms with Crippen molar-refractivity contribution in [1.82, 2.24) is 4.98 Å². The number of pyridine rings is 1. The Morgan fingerprint density at radius 1 is 1.53 bits per heavy atom. The summed E-state index contributed by atoms with van der Waals surface area (Å²) in [6.07, 6.45) is 1.70. The van der Waals surface area contributed by atoms with Crippen LogP contribution in [0.5, 0.6) is 0 Å². The number of anilines is 1. The lowest BCUT2D eigenvalue weighted by atomic mass is 9.93. The molecule has 2 heterocycles. The smallest absolute Gasteiger partial charge is 0.128 e. The summed E-state index contributed by atoms with van der Waals surface area (Å²) in [6, 6.07) is 3.86. The van der Waals surface area contributed by atoms with Crippen LogP contribution in [-0.4, -0.2) is 22.9 Å². The summed E-state index contributed by atoms with van der Waals surface area (Å²) in [7, 11) is 0. The van der Waals surface area contributed by atoms with Crippen LogP contribution in [0.2, 0.25) is 5.02 Å². The molecular weight excluding hydrogens is 275 g/mol. The summed E-state index contributed by atoms with van der Waals surface area (Å²) in [5.41, 5.74) is 0.293. The minimum absolute atomic E-state index is 0.293. The molecule has 1 fully saturated rings. The lowest BCUT2D eigenvalue weighted by molar-refractivity contribution is 0.434. The van der Waals surface area contributed by atoms with Gasteiger partial charge in [-0.25, -0.2) is 4.98 Å². The van der Waals surface area contributed by atoms with E-state index in [1.807, 2.05) is 12.1 Å². The number of alkyl halides is 1. The number of nitrogens with zero attached hydrogens (tertiary/aromatic N) is 2. The van der Waals surface area contributed by atoms with E-state index in [2.05, 4.69) is 39.7 Å². The second-order valence-corrected chi connectivity index (χ2v) is 6.21. The maximum atomic E-state index is 5.81. The topological polar surface area (TPSA) is 16.1 Å². The molecule has 1 aliphatic rings. The van der Waals surface area contributed by atoms with Crippen molar-refractivity contribution in [2.45, 2.75) is 18.7 Å². The Morgan fingerprint density at radius 2 is 2.27 bits per heavy atom. The van der Waals surface area contributed by atoms with Crippen LogP contribution in [0, 0.1) is 5.41 Å². The van der Waals surface area contributed by atoms with Crippen LogP contribution < -0.4 is 4.90 Å². The molecule has 1 atom stereocenters. The van der Waals surface area contributed by atoms with E-state index < -0.39 is 0 Å². The molecule has 0 N–H and O–H groups in total. The predicted octanol–water partition coefficient (Wildman–Crippen LogP) is 3.34. The Bertz CT molecular complexity index is 350. The van der Waals surface area contributed by atoms with Crippen molar-refractivity contribution in [3.63, 3.8) is 0 Å². The minimum Gasteiger partial charge on any atom is -0.355 e. The highest BCUT2D eigenvalue weighted by Gasteiger charge is 2.38. The van der Waals surface area contributed by atoms with Crippen LogP contribution in [0.4, 0.5) is 5.82 Å². The lowest BCUT2D eigenvalue weighted by Crippen LogP contribution is -2.24.